The van der Waals surface area contributed by atoms with Gasteiger partial charge in [0.05, 0.1) is 12.2 Å². The number of hydrogen-bond acceptors (Lipinski definition) is 7. The first kappa shape index (κ1) is 77.7. The average Bonchev–Trinajstić information content (AvgIpc) is 3.44. The zero-order valence-corrected chi connectivity index (χ0v) is 56.4. The summed E-state index contributed by atoms with van der Waals surface area (Å²) in [5.74, 6) is 2.26. The molecule has 0 saturated carbocycles. The molecule has 0 aliphatic carbocycles. The molecule has 1 aliphatic rings. The Morgan fingerprint density at radius 1 is 0.263 bits per heavy atom. The van der Waals surface area contributed by atoms with Crippen molar-refractivity contribution in [3.05, 3.63) is 0 Å². The van der Waals surface area contributed by atoms with Gasteiger partial charge in [-0.2, -0.15) is 0 Å². The van der Waals surface area contributed by atoms with E-state index >= 15 is 0 Å². The van der Waals surface area contributed by atoms with Crippen molar-refractivity contribution in [2.24, 2.45) is 17.8 Å². The second-order valence-electron chi connectivity index (χ2n) is 27.4. The van der Waals surface area contributed by atoms with Crippen LogP contribution in [0.25, 0.3) is 0 Å². The van der Waals surface area contributed by atoms with E-state index in [4.69, 9.17) is 0 Å². The molecule has 0 aromatic rings. The monoisotopic (exact) mass is 1130 g/mol. The van der Waals surface area contributed by atoms with Gasteiger partial charge in [0.25, 0.3) is 0 Å². The van der Waals surface area contributed by atoms with Crippen molar-refractivity contribution in [1.29, 1.82) is 0 Å². The molecular formula is C73H151N5O2. The standard InChI is InChI=1S/C73H151N5O2/c1-9-14-19-24-29-34-39-44-49-69(6)64-76(61-63-78(67-72(79)52-47-42-37-32-27-22-17-12-4)68-73(80)53-48-43-38-33-28-23-18-13-5)60-58-74-54-56-75(57-55-74)59-62-77(65-70(7)50-45-40-35-30-25-20-15-10-2)66-71(8)51-46-41-36-31-26-21-16-11-3/h69-73,79-80H,9-68H2,1-8H3. The van der Waals surface area contributed by atoms with Gasteiger partial charge in [0.2, 0.25) is 0 Å². The van der Waals surface area contributed by atoms with Crippen LogP contribution in [0.3, 0.4) is 0 Å². The van der Waals surface area contributed by atoms with Crippen LogP contribution in [0.1, 0.15) is 344 Å². The smallest absolute Gasteiger partial charge is 0.0667 e. The number of hydrogen-bond donors (Lipinski definition) is 2. The number of unbranched alkanes of at least 4 members (excludes halogenated alkanes) is 35. The third kappa shape index (κ3) is 51.0. The molecule has 0 amide bonds. The Balaban J connectivity index is 2.94. The predicted molar refractivity (Wildman–Crippen MR) is 358 cm³/mol. The zero-order chi connectivity index (χ0) is 58.2. The average molecular weight is 1130 g/mol. The minimum absolute atomic E-state index is 0.311. The third-order valence-electron chi connectivity index (χ3n) is 18.7. The highest BCUT2D eigenvalue weighted by Crippen LogP contribution is 2.21. The van der Waals surface area contributed by atoms with Gasteiger partial charge in [-0.1, -0.05) is 312 Å². The summed E-state index contributed by atoms with van der Waals surface area (Å²) in [7, 11) is 0. The molecule has 0 radical (unpaired) electrons. The molecule has 1 saturated heterocycles. The van der Waals surface area contributed by atoms with Crippen molar-refractivity contribution in [2.75, 3.05) is 98.2 Å². The van der Waals surface area contributed by atoms with E-state index in [1.54, 1.807) is 0 Å². The lowest BCUT2D eigenvalue weighted by Crippen LogP contribution is -2.51. The van der Waals surface area contributed by atoms with Gasteiger partial charge in [-0.25, -0.2) is 0 Å². The second-order valence-corrected chi connectivity index (χ2v) is 27.4. The van der Waals surface area contributed by atoms with Crippen LogP contribution in [-0.4, -0.2) is 145 Å². The highest BCUT2D eigenvalue weighted by molar-refractivity contribution is 4.78. The van der Waals surface area contributed by atoms with Crippen molar-refractivity contribution < 1.29 is 10.2 Å². The van der Waals surface area contributed by atoms with Crippen LogP contribution in [0.4, 0.5) is 0 Å². The number of aliphatic hydroxyl groups is 2. The fraction of sp³-hybridized carbons (Fsp3) is 1.00. The normalized spacial score (nSPS) is 15.7. The minimum Gasteiger partial charge on any atom is -0.392 e. The van der Waals surface area contributed by atoms with E-state index in [0.29, 0.717) is 19.0 Å². The summed E-state index contributed by atoms with van der Waals surface area (Å²) in [4.78, 5) is 13.7. The van der Waals surface area contributed by atoms with E-state index in [9.17, 15) is 10.2 Å². The summed E-state index contributed by atoms with van der Waals surface area (Å²) in [6.07, 6.45) is 59.9. The highest BCUT2D eigenvalue weighted by Gasteiger charge is 2.23. The number of piperazine rings is 1. The van der Waals surface area contributed by atoms with E-state index in [1.165, 1.54) is 316 Å². The molecule has 5 atom stereocenters. The number of rotatable bonds is 64. The van der Waals surface area contributed by atoms with Crippen LogP contribution < -0.4 is 0 Å². The summed E-state index contributed by atoms with van der Waals surface area (Å²) >= 11 is 0. The van der Waals surface area contributed by atoms with E-state index in [0.717, 1.165) is 70.2 Å². The van der Waals surface area contributed by atoms with E-state index < -0.39 is 0 Å². The third-order valence-corrected chi connectivity index (χ3v) is 18.7. The first-order valence-corrected chi connectivity index (χ1v) is 37.1. The van der Waals surface area contributed by atoms with Crippen molar-refractivity contribution in [1.82, 2.24) is 24.5 Å². The molecule has 0 aromatic carbocycles. The predicted octanol–water partition coefficient (Wildman–Crippen LogP) is 19.8. The van der Waals surface area contributed by atoms with Crippen molar-refractivity contribution in [3.63, 3.8) is 0 Å². The summed E-state index contributed by atoms with van der Waals surface area (Å²) in [5, 5.41) is 23.0. The molecule has 1 aliphatic heterocycles. The molecule has 0 bridgehead atoms. The van der Waals surface area contributed by atoms with Crippen LogP contribution >= 0.6 is 0 Å². The topological polar surface area (TPSA) is 56.7 Å². The van der Waals surface area contributed by atoms with Crippen LogP contribution in [0.5, 0.6) is 0 Å². The maximum Gasteiger partial charge on any atom is 0.0667 e. The van der Waals surface area contributed by atoms with Crippen molar-refractivity contribution in [2.45, 2.75) is 357 Å². The largest absolute Gasteiger partial charge is 0.392 e. The van der Waals surface area contributed by atoms with E-state index in [-0.39, 0.29) is 12.2 Å². The summed E-state index contributed by atoms with van der Waals surface area (Å²) in [5.41, 5.74) is 0. The quantitative estimate of drug-likeness (QED) is 0.0589. The second kappa shape index (κ2) is 59.1. The Labute approximate surface area is 504 Å². The molecule has 480 valence electrons. The fourth-order valence-electron chi connectivity index (χ4n) is 13.2. The van der Waals surface area contributed by atoms with Gasteiger partial charge in [-0.15, -0.1) is 0 Å². The van der Waals surface area contributed by atoms with Crippen LogP contribution in [0.2, 0.25) is 0 Å². The van der Waals surface area contributed by atoms with Gasteiger partial charge >= 0.3 is 0 Å². The lowest BCUT2D eigenvalue weighted by molar-refractivity contribution is 0.0517. The zero-order valence-electron chi connectivity index (χ0n) is 56.4. The molecule has 7 heteroatoms. The Kier molecular flexibility index (Phi) is 57.4. The molecule has 80 heavy (non-hydrogen) atoms. The first-order chi connectivity index (χ1) is 39.1. The molecule has 5 unspecified atom stereocenters. The van der Waals surface area contributed by atoms with Crippen LogP contribution in [0, 0.1) is 17.8 Å². The summed E-state index contributed by atoms with van der Waals surface area (Å²) in [6.45, 7) is 35.8. The number of aliphatic hydroxyl groups excluding tert-OH is 2. The van der Waals surface area contributed by atoms with Crippen LogP contribution in [-0.2, 0) is 0 Å². The Bertz CT molecular complexity index is 1140. The maximum atomic E-state index is 11.5. The SMILES string of the molecule is CCCCCCCCCCC(C)CN(CCN1CCN(CCN(CC(C)CCCCCCCCCC)CC(C)CCCCCCCCCC)CC1)CCN(CC(O)CCCCCCCCCC)CC(O)CCCCCCCCCC. The number of nitrogens with zero attached hydrogens (tertiary/aromatic N) is 5. The maximum absolute atomic E-state index is 11.5. The Hall–Kier alpha value is -0.280. The minimum atomic E-state index is -0.311. The lowest BCUT2D eigenvalue weighted by Gasteiger charge is -2.38. The Morgan fingerprint density at radius 3 is 0.762 bits per heavy atom. The summed E-state index contributed by atoms with van der Waals surface area (Å²) < 4.78 is 0. The van der Waals surface area contributed by atoms with Gasteiger partial charge in [0.15, 0.2) is 0 Å². The van der Waals surface area contributed by atoms with E-state index in [1.807, 2.05) is 0 Å². The van der Waals surface area contributed by atoms with Gasteiger partial charge in [-0.3, -0.25) is 14.7 Å². The molecule has 1 rings (SSSR count). The fourth-order valence-corrected chi connectivity index (χ4v) is 13.2. The Morgan fingerprint density at radius 2 is 0.475 bits per heavy atom. The summed E-state index contributed by atoms with van der Waals surface area (Å²) in [6, 6.07) is 0. The van der Waals surface area contributed by atoms with Gasteiger partial charge in [-0.05, 0) is 49.9 Å². The molecule has 1 heterocycles. The first-order valence-electron chi connectivity index (χ1n) is 37.1. The molecule has 0 spiro atoms. The van der Waals surface area contributed by atoms with Crippen LogP contribution in [0.15, 0.2) is 0 Å². The molecule has 0 aromatic heterocycles. The highest BCUT2D eigenvalue weighted by atomic mass is 16.3. The van der Waals surface area contributed by atoms with Gasteiger partial charge in [0.1, 0.15) is 0 Å². The van der Waals surface area contributed by atoms with Gasteiger partial charge < -0.3 is 20.0 Å². The molecule has 7 nitrogen and oxygen atoms in total. The molecule has 1 fully saturated rings. The van der Waals surface area contributed by atoms with Crippen molar-refractivity contribution >= 4 is 0 Å². The van der Waals surface area contributed by atoms with Gasteiger partial charge in [0, 0.05) is 98.2 Å². The molecule has 2 N–H and O–H groups in total. The van der Waals surface area contributed by atoms with E-state index in [2.05, 4.69) is 79.9 Å². The molecular weight excluding hydrogens is 979 g/mol. The van der Waals surface area contributed by atoms with Crippen molar-refractivity contribution in [3.8, 4) is 0 Å². The lowest BCUT2D eigenvalue weighted by atomic mass is 9.98.